The first-order chi connectivity index (χ1) is 21.6. The first-order valence-corrected chi connectivity index (χ1v) is 16.0. The van der Waals surface area contributed by atoms with Gasteiger partial charge in [0.2, 0.25) is 15.9 Å². The topological polar surface area (TPSA) is 158 Å². The maximum atomic E-state index is 15.4. The highest BCUT2D eigenvalue weighted by molar-refractivity contribution is 7.88. The fraction of sp³-hybridized carbons (Fsp3) is 0.194. The van der Waals surface area contributed by atoms with Crippen LogP contribution in [-0.4, -0.2) is 50.7 Å². The van der Waals surface area contributed by atoms with Crippen LogP contribution >= 0.6 is 0 Å². The van der Waals surface area contributed by atoms with Crippen LogP contribution in [0.15, 0.2) is 61.1 Å². The molecule has 1 amide bonds. The van der Waals surface area contributed by atoms with Crippen LogP contribution in [0.25, 0.3) is 55.8 Å². The molecule has 45 heavy (non-hydrogen) atoms. The maximum Gasteiger partial charge on any atom is 0.227 e. The Bertz CT molecular complexity index is 2230. The highest BCUT2D eigenvalue weighted by atomic mass is 32.2. The van der Waals surface area contributed by atoms with Crippen molar-refractivity contribution in [2.24, 2.45) is 5.92 Å². The van der Waals surface area contributed by atoms with E-state index in [1.165, 1.54) is 18.2 Å². The number of pyridine rings is 2. The molecule has 7 rings (SSSR count). The van der Waals surface area contributed by atoms with E-state index in [-0.39, 0.29) is 23.9 Å². The van der Waals surface area contributed by atoms with Crippen LogP contribution in [0.3, 0.4) is 0 Å². The SMILES string of the molecule is CS(=O)(=O)NCc1cc(F)cc(-c2ccnc3[nH]c(-c4n[nH]c5c(F)cc(-c6cncc(NC(=O)C7CCC7)c6)cc45)nc23)c1. The second kappa shape index (κ2) is 11.1. The number of aromatic nitrogens is 6. The van der Waals surface area contributed by atoms with Crippen molar-refractivity contribution in [3.63, 3.8) is 0 Å². The molecule has 0 unspecified atom stereocenters. The summed E-state index contributed by atoms with van der Waals surface area (Å²) in [5.74, 6) is -0.801. The van der Waals surface area contributed by atoms with Crippen molar-refractivity contribution in [3.05, 3.63) is 78.3 Å². The largest absolute Gasteiger partial charge is 0.324 e. The van der Waals surface area contributed by atoms with E-state index >= 15 is 4.39 Å². The number of rotatable bonds is 8. The summed E-state index contributed by atoms with van der Waals surface area (Å²) in [5.41, 5.74) is 4.46. The van der Waals surface area contributed by atoms with Gasteiger partial charge in [-0.15, -0.1) is 0 Å². The summed E-state index contributed by atoms with van der Waals surface area (Å²) in [5, 5.41) is 10.4. The average molecular weight is 629 g/mol. The average Bonchev–Trinajstić information content (AvgIpc) is 3.59. The van der Waals surface area contributed by atoms with Crippen LogP contribution < -0.4 is 10.0 Å². The van der Waals surface area contributed by atoms with Gasteiger partial charge in [0.1, 0.15) is 28.4 Å². The lowest BCUT2D eigenvalue weighted by atomic mass is 9.85. The van der Waals surface area contributed by atoms with Gasteiger partial charge in [0, 0.05) is 41.4 Å². The van der Waals surface area contributed by atoms with Crippen LogP contribution in [0.1, 0.15) is 24.8 Å². The quantitative estimate of drug-likeness (QED) is 0.178. The molecule has 1 aliphatic rings. The summed E-state index contributed by atoms with van der Waals surface area (Å²) < 4.78 is 55.4. The van der Waals surface area contributed by atoms with E-state index in [9.17, 15) is 17.6 Å². The van der Waals surface area contributed by atoms with Crippen molar-refractivity contribution in [3.8, 4) is 33.8 Å². The summed E-state index contributed by atoms with van der Waals surface area (Å²) >= 11 is 0. The van der Waals surface area contributed by atoms with E-state index in [4.69, 9.17) is 4.98 Å². The standard InChI is InChI=1S/C31H26F2N8O3S/c1-45(43,44)36-13-16-7-19(9-21(32)8-16)23-5-6-35-29-27(23)38-30(39-29)28-24-11-18(12-25(33)26(24)40-41-28)20-10-22(15-34-14-20)37-31(42)17-3-2-4-17/h5-12,14-15,17,36H,2-4,13H2,1H3,(H,37,42)(H,40,41)(H,35,38,39). The molecule has 6 aromatic rings. The molecule has 0 spiro atoms. The number of amides is 1. The smallest absolute Gasteiger partial charge is 0.227 e. The van der Waals surface area contributed by atoms with Gasteiger partial charge < -0.3 is 10.3 Å². The summed E-state index contributed by atoms with van der Waals surface area (Å²) in [6, 6.07) is 10.8. The van der Waals surface area contributed by atoms with Crippen LogP contribution in [-0.2, 0) is 21.4 Å². The molecule has 228 valence electrons. The lowest BCUT2D eigenvalue weighted by molar-refractivity contribution is -0.122. The number of H-pyrrole nitrogens is 2. The lowest BCUT2D eigenvalue weighted by Crippen LogP contribution is -2.28. The second-order valence-corrected chi connectivity index (χ2v) is 12.9. The first-order valence-electron chi connectivity index (χ1n) is 14.1. The van der Waals surface area contributed by atoms with Gasteiger partial charge >= 0.3 is 0 Å². The molecule has 11 nitrogen and oxygen atoms in total. The van der Waals surface area contributed by atoms with Crippen LogP contribution in [0, 0.1) is 17.6 Å². The Morgan fingerprint density at radius 2 is 1.89 bits per heavy atom. The minimum Gasteiger partial charge on any atom is -0.324 e. The third-order valence-electron chi connectivity index (χ3n) is 7.86. The van der Waals surface area contributed by atoms with Gasteiger partial charge in [-0.05, 0) is 72.0 Å². The third-order valence-corrected chi connectivity index (χ3v) is 8.52. The lowest BCUT2D eigenvalue weighted by Gasteiger charge is -2.24. The first kappa shape index (κ1) is 28.7. The normalized spacial score (nSPS) is 13.8. The number of imidazole rings is 1. The molecule has 0 saturated heterocycles. The predicted molar refractivity (Wildman–Crippen MR) is 165 cm³/mol. The minimum absolute atomic E-state index is 0.00889. The number of anilines is 1. The Morgan fingerprint density at radius 3 is 2.67 bits per heavy atom. The van der Waals surface area contributed by atoms with Crippen molar-refractivity contribution in [2.45, 2.75) is 25.8 Å². The molecule has 4 aromatic heterocycles. The third kappa shape index (κ3) is 5.77. The number of nitrogens with one attached hydrogen (secondary N) is 4. The minimum atomic E-state index is -3.48. The van der Waals surface area contributed by atoms with E-state index in [2.05, 4.69) is 35.2 Å². The van der Waals surface area contributed by atoms with Gasteiger partial charge in [-0.3, -0.25) is 14.9 Å². The zero-order valence-corrected chi connectivity index (χ0v) is 24.7. The Morgan fingerprint density at radius 1 is 1.04 bits per heavy atom. The Labute approximate surface area is 255 Å². The van der Waals surface area contributed by atoms with E-state index < -0.39 is 21.7 Å². The summed E-state index contributed by atoms with van der Waals surface area (Å²) in [6.45, 7) is -0.0812. The second-order valence-electron chi connectivity index (χ2n) is 11.1. The molecule has 0 bridgehead atoms. The monoisotopic (exact) mass is 628 g/mol. The summed E-state index contributed by atoms with van der Waals surface area (Å²) in [4.78, 5) is 28.9. The molecule has 0 radical (unpaired) electrons. The Balaban J connectivity index is 1.26. The number of carbonyl (C=O) groups excluding carboxylic acids is 1. The number of halogens is 2. The molecule has 14 heteroatoms. The molecule has 0 atom stereocenters. The molecule has 0 aliphatic heterocycles. The number of carbonyl (C=O) groups is 1. The van der Waals surface area contributed by atoms with Crippen LogP contribution in [0.5, 0.6) is 0 Å². The van der Waals surface area contributed by atoms with Gasteiger partial charge in [-0.25, -0.2) is 31.9 Å². The van der Waals surface area contributed by atoms with Crippen molar-refractivity contribution in [1.29, 1.82) is 0 Å². The number of benzene rings is 2. The fourth-order valence-corrected chi connectivity index (χ4v) is 5.81. The molecule has 1 aliphatic carbocycles. The highest BCUT2D eigenvalue weighted by Crippen LogP contribution is 2.35. The molecule has 1 fully saturated rings. The van der Waals surface area contributed by atoms with Gasteiger partial charge in [0.25, 0.3) is 0 Å². The molecule has 4 N–H and O–H groups in total. The maximum absolute atomic E-state index is 15.4. The number of sulfonamides is 1. The summed E-state index contributed by atoms with van der Waals surface area (Å²) in [7, 11) is -3.48. The predicted octanol–water partition coefficient (Wildman–Crippen LogP) is 5.30. The molecule has 1 saturated carbocycles. The van der Waals surface area contributed by atoms with E-state index in [0.29, 0.717) is 61.6 Å². The van der Waals surface area contributed by atoms with Crippen LogP contribution in [0.4, 0.5) is 14.5 Å². The van der Waals surface area contributed by atoms with Gasteiger partial charge in [-0.1, -0.05) is 6.42 Å². The molecule has 2 aromatic carbocycles. The molecular formula is C31H26F2N8O3S. The Hall–Kier alpha value is -5.08. The van der Waals surface area contributed by atoms with Crippen molar-refractivity contribution in [2.75, 3.05) is 11.6 Å². The number of nitrogens with zero attached hydrogens (tertiary/aromatic N) is 4. The molecule has 4 heterocycles. The number of fused-ring (bicyclic) bond motifs is 2. The Kier molecular flexibility index (Phi) is 7.09. The number of hydrogen-bond donors (Lipinski definition) is 4. The highest BCUT2D eigenvalue weighted by Gasteiger charge is 2.25. The van der Waals surface area contributed by atoms with Gasteiger partial charge in [0.15, 0.2) is 11.5 Å². The van der Waals surface area contributed by atoms with E-state index in [0.717, 1.165) is 25.5 Å². The molecular weight excluding hydrogens is 602 g/mol. The zero-order valence-electron chi connectivity index (χ0n) is 23.9. The van der Waals surface area contributed by atoms with E-state index in [1.807, 2.05) is 0 Å². The van der Waals surface area contributed by atoms with E-state index in [1.54, 1.807) is 42.9 Å². The fourth-order valence-electron chi connectivity index (χ4n) is 5.39. The van der Waals surface area contributed by atoms with Crippen LogP contribution in [0.2, 0.25) is 0 Å². The number of aromatic amines is 2. The van der Waals surface area contributed by atoms with Gasteiger partial charge in [0.05, 0.1) is 18.1 Å². The van der Waals surface area contributed by atoms with Crippen molar-refractivity contribution >= 4 is 43.7 Å². The van der Waals surface area contributed by atoms with Crippen molar-refractivity contribution < 1.29 is 22.0 Å². The zero-order chi connectivity index (χ0) is 31.3. The van der Waals surface area contributed by atoms with Crippen molar-refractivity contribution in [1.82, 2.24) is 34.9 Å². The summed E-state index contributed by atoms with van der Waals surface area (Å²) in [6.07, 6.45) is 8.51. The van der Waals surface area contributed by atoms with Gasteiger partial charge in [-0.2, -0.15) is 5.10 Å². The number of hydrogen-bond acceptors (Lipinski definition) is 7.